The van der Waals surface area contributed by atoms with Gasteiger partial charge in [0.15, 0.2) is 0 Å². The Morgan fingerprint density at radius 3 is 2.21 bits per heavy atom. The predicted molar refractivity (Wildman–Crippen MR) is 82.0 cm³/mol. The van der Waals surface area contributed by atoms with Crippen molar-refractivity contribution in [2.24, 2.45) is 22.7 Å². The second-order valence-electron chi connectivity index (χ2n) is 8.74. The van der Waals surface area contributed by atoms with Crippen molar-refractivity contribution >= 4 is 5.91 Å². The lowest BCUT2D eigenvalue weighted by Gasteiger charge is -2.23. The van der Waals surface area contributed by atoms with Crippen molar-refractivity contribution in [2.45, 2.75) is 73.6 Å². The molecule has 0 bridgehead atoms. The van der Waals surface area contributed by atoms with Gasteiger partial charge in [-0.1, -0.05) is 41.5 Å². The highest BCUT2D eigenvalue weighted by Crippen LogP contribution is 2.38. The number of carbonyl (C=O) groups is 1. The summed E-state index contributed by atoms with van der Waals surface area (Å²) < 4.78 is 0. The zero-order valence-corrected chi connectivity index (χ0v) is 13.8. The van der Waals surface area contributed by atoms with E-state index in [9.17, 15) is 4.79 Å². The zero-order chi connectivity index (χ0) is 14.7. The summed E-state index contributed by atoms with van der Waals surface area (Å²) in [5.74, 6) is 1.31. The Labute approximate surface area is 119 Å². The van der Waals surface area contributed by atoms with Gasteiger partial charge in [-0.3, -0.25) is 4.79 Å². The summed E-state index contributed by atoms with van der Waals surface area (Å²) in [5.41, 5.74) is 0.694. The summed E-state index contributed by atoms with van der Waals surface area (Å²) in [5, 5.41) is 3.13. The molecule has 1 aliphatic rings. The lowest BCUT2D eigenvalue weighted by atomic mass is 9.83. The topological polar surface area (TPSA) is 29.1 Å². The minimum Gasteiger partial charge on any atom is -0.356 e. The highest BCUT2D eigenvalue weighted by molar-refractivity contribution is 5.78. The van der Waals surface area contributed by atoms with E-state index in [1.54, 1.807) is 0 Å². The summed E-state index contributed by atoms with van der Waals surface area (Å²) in [6, 6.07) is 0. The minimum atomic E-state index is 0.271. The highest BCUT2D eigenvalue weighted by atomic mass is 16.1. The van der Waals surface area contributed by atoms with Gasteiger partial charge in [-0.05, 0) is 48.9 Å². The molecule has 0 radical (unpaired) electrons. The molecule has 1 rings (SSSR count). The van der Waals surface area contributed by atoms with Crippen LogP contribution in [-0.2, 0) is 4.79 Å². The van der Waals surface area contributed by atoms with Gasteiger partial charge in [-0.2, -0.15) is 0 Å². The van der Waals surface area contributed by atoms with Crippen LogP contribution in [0.3, 0.4) is 0 Å². The summed E-state index contributed by atoms with van der Waals surface area (Å²) in [6.45, 7) is 14.4. The first-order valence-electron chi connectivity index (χ1n) is 7.84. The van der Waals surface area contributed by atoms with Gasteiger partial charge in [-0.15, -0.1) is 0 Å². The smallest absolute Gasteiger partial charge is 0.223 e. The van der Waals surface area contributed by atoms with E-state index in [0.717, 1.165) is 31.7 Å². The molecular weight excluding hydrogens is 234 g/mol. The Bertz CT molecular complexity index is 295. The van der Waals surface area contributed by atoms with Gasteiger partial charge >= 0.3 is 0 Å². The summed E-state index contributed by atoms with van der Waals surface area (Å²) in [6.07, 6.45) is 5.71. The number of hydrogen-bond acceptors (Lipinski definition) is 1. The predicted octanol–water partition coefficient (Wildman–Crippen LogP) is 4.39. The maximum atomic E-state index is 12.1. The monoisotopic (exact) mass is 267 g/mol. The third-order valence-corrected chi connectivity index (χ3v) is 3.99. The molecule has 0 aromatic heterocycles. The number of hydrogen-bond donors (Lipinski definition) is 1. The van der Waals surface area contributed by atoms with E-state index in [1.165, 1.54) is 12.8 Å². The van der Waals surface area contributed by atoms with Crippen molar-refractivity contribution in [1.29, 1.82) is 0 Å². The average molecular weight is 267 g/mol. The van der Waals surface area contributed by atoms with Gasteiger partial charge in [-0.25, -0.2) is 0 Å². The number of nitrogens with one attached hydrogen (secondary N) is 1. The third-order valence-electron chi connectivity index (χ3n) is 3.99. The molecule has 2 heteroatoms. The fourth-order valence-corrected chi connectivity index (χ4v) is 3.07. The van der Waals surface area contributed by atoms with Crippen molar-refractivity contribution in [3.8, 4) is 0 Å². The first-order valence-corrected chi connectivity index (χ1v) is 7.84. The molecule has 1 N–H and O–H groups in total. The van der Waals surface area contributed by atoms with Crippen LogP contribution in [0.15, 0.2) is 0 Å². The van der Waals surface area contributed by atoms with Gasteiger partial charge in [0.05, 0.1) is 0 Å². The Morgan fingerprint density at radius 1 is 1.05 bits per heavy atom. The highest BCUT2D eigenvalue weighted by Gasteiger charge is 2.31. The van der Waals surface area contributed by atoms with E-state index in [4.69, 9.17) is 0 Å². The summed E-state index contributed by atoms with van der Waals surface area (Å²) in [4.78, 5) is 12.1. The normalized spacial score (nSPS) is 24.5. The maximum absolute atomic E-state index is 12.1. The van der Waals surface area contributed by atoms with Crippen LogP contribution in [0.1, 0.15) is 73.6 Å². The van der Waals surface area contributed by atoms with Gasteiger partial charge in [0.2, 0.25) is 5.91 Å². The van der Waals surface area contributed by atoms with Crippen LogP contribution in [0.25, 0.3) is 0 Å². The Balaban J connectivity index is 2.28. The van der Waals surface area contributed by atoms with E-state index < -0.39 is 0 Å². The molecule has 1 amide bonds. The van der Waals surface area contributed by atoms with E-state index in [2.05, 4.69) is 46.9 Å². The molecule has 0 heterocycles. The average Bonchev–Trinajstić information content (AvgIpc) is 2.61. The molecule has 0 aromatic carbocycles. The van der Waals surface area contributed by atoms with E-state index >= 15 is 0 Å². The quantitative estimate of drug-likeness (QED) is 0.804. The maximum Gasteiger partial charge on any atom is 0.223 e. The molecule has 2 nitrogen and oxygen atoms in total. The Kier molecular flexibility index (Phi) is 5.46. The van der Waals surface area contributed by atoms with Gasteiger partial charge in [0, 0.05) is 12.5 Å². The van der Waals surface area contributed by atoms with E-state index in [0.29, 0.717) is 16.7 Å². The van der Waals surface area contributed by atoms with Crippen molar-refractivity contribution in [1.82, 2.24) is 5.32 Å². The molecule has 1 aliphatic carbocycles. The van der Waals surface area contributed by atoms with Crippen molar-refractivity contribution in [3.63, 3.8) is 0 Å². The van der Waals surface area contributed by atoms with Crippen LogP contribution >= 0.6 is 0 Å². The van der Waals surface area contributed by atoms with Crippen LogP contribution in [0.4, 0.5) is 0 Å². The second-order valence-corrected chi connectivity index (χ2v) is 8.74. The molecule has 19 heavy (non-hydrogen) atoms. The van der Waals surface area contributed by atoms with Crippen LogP contribution in [0.2, 0.25) is 0 Å². The van der Waals surface area contributed by atoms with Crippen LogP contribution in [0.5, 0.6) is 0 Å². The largest absolute Gasteiger partial charge is 0.356 e. The Hall–Kier alpha value is -0.530. The van der Waals surface area contributed by atoms with Gasteiger partial charge < -0.3 is 5.32 Å². The number of rotatable bonds is 4. The zero-order valence-electron chi connectivity index (χ0n) is 13.8. The molecule has 2 atom stereocenters. The van der Waals surface area contributed by atoms with Gasteiger partial charge in [0.25, 0.3) is 0 Å². The molecule has 0 aliphatic heterocycles. The van der Waals surface area contributed by atoms with Crippen molar-refractivity contribution < 1.29 is 4.79 Å². The third kappa shape index (κ3) is 6.98. The molecule has 1 saturated carbocycles. The Morgan fingerprint density at radius 2 is 1.68 bits per heavy atom. The fraction of sp³-hybridized carbons (Fsp3) is 0.941. The van der Waals surface area contributed by atoms with Crippen LogP contribution in [-0.4, -0.2) is 12.5 Å². The second kappa shape index (κ2) is 6.28. The first kappa shape index (κ1) is 16.5. The standard InChI is InChI=1S/C17H33NO/c1-16(2,3)9-10-18-15(19)14-8-7-13(11-14)12-17(4,5)6/h13-14H,7-12H2,1-6H3,(H,18,19)/t13-,14+/m0/s1. The lowest BCUT2D eigenvalue weighted by molar-refractivity contribution is -0.124. The fourth-order valence-electron chi connectivity index (χ4n) is 3.07. The molecular formula is C17H33NO. The lowest BCUT2D eigenvalue weighted by Crippen LogP contribution is -2.32. The SMILES string of the molecule is CC(C)(C)CCNC(=O)[C@@H]1CC[C@H](CC(C)(C)C)C1. The molecule has 1 fully saturated rings. The van der Waals surface area contributed by atoms with E-state index in [1.807, 2.05) is 0 Å². The molecule has 0 spiro atoms. The first-order chi connectivity index (χ1) is 8.57. The number of amides is 1. The summed E-state index contributed by atoms with van der Waals surface area (Å²) >= 11 is 0. The van der Waals surface area contributed by atoms with Crippen molar-refractivity contribution in [2.75, 3.05) is 6.54 Å². The minimum absolute atomic E-state index is 0.271. The molecule has 112 valence electrons. The van der Waals surface area contributed by atoms with Crippen LogP contribution < -0.4 is 5.32 Å². The van der Waals surface area contributed by atoms with Gasteiger partial charge in [0.1, 0.15) is 0 Å². The molecule has 0 unspecified atom stereocenters. The molecule has 0 saturated heterocycles. The van der Waals surface area contributed by atoms with Crippen LogP contribution in [0, 0.1) is 22.7 Å². The number of carbonyl (C=O) groups excluding carboxylic acids is 1. The summed E-state index contributed by atoms with van der Waals surface area (Å²) in [7, 11) is 0. The van der Waals surface area contributed by atoms with E-state index in [-0.39, 0.29) is 5.92 Å². The molecule has 0 aromatic rings. The van der Waals surface area contributed by atoms with Crippen molar-refractivity contribution in [3.05, 3.63) is 0 Å².